The molecule has 160 valence electrons. The minimum atomic E-state index is -0.278. The third-order valence-corrected chi connectivity index (χ3v) is 5.29. The lowest BCUT2D eigenvalue weighted by Gasteiger charge is -2.24. The Morgan fingerprint density at radius 1 is 1.40 bits per heavy atom. The van der Waals surface area contributed by atoms with Crippen LogP contribution in [0.25, 0.3) is 11.1 Å². The first kappa shape index (κ1) is 20.4. The number of aromatic nitrogens is 2. The number of carbonyl (C=O) groups is 1. The number of amides is 1. The summed E-state index contributed by atoms with van der Waals surface area (Å²) < 4.78 is 18.4. The normalized spacial score (nSPS) is 16.6. The quantitative estimate of drug-likeness (QED) is 0.590. The third kappa shape index (κ3) is 4.05. The summed E-state index contributed by atoms with van der Waals surface area (Å²) in [4.78, 5) is 32.7. The molecule has 0 spiro atoms. The van der Waals surface area contributed by atoms with Gasteiger partial charge in [0.2, 0.25) is 5.71 Å². The molecule has 0 bridgehead atoms. The number of carbonyl (C=O) groups excluding carboxylic acids is 1. The predicted octanol–water partition coefficient (Wildman–Crippen LogP) is 3.37. The number of hydrogen-bond donors (Lipinski definition) is 0. The Balaban J connectivity index is 1.74. The van der Waals surface area contributed by atoms with E-state index in [0.717, 1.165) is 12.8 Å². The van der Waals surface area contributed by atoms with Crippen molar-refractivity contribution in [1.82, 2.24) is 14.5 Å². The molecule has 3 aromatic rings. The summed E-state index contributed by atoms with van der Waals surface area (Å²) >= 11 is 0. The fraction of sp³-hybridized carbons (Fsp3) is 0.500. The zero-order chi connectivity index (χ0) is 21.3. The number of ether oxygens (including phenoxy) is 1. The van der Waals surface area contributed by atoms with Gasteiger partial charge in [-0.1, -0.05) is 13.8 Å². The molecule has 3 aromatic heterocycles. The molecule has 4 heterocycles. The highest BCUT2D eigenvalue weighted by Crippen LogP contribution is 2.25. The predicted molar refractivity (Wildman–Crippen MR) is 110 cm³/mol. The van der Waals surface area contributed by atoms with Crippen molar-refractivity contribution in [3.63, 3.8) is 0 Å². The average molecular weight is 413 g/mol. The van der Waals surface area contributed by atoms with Crippen LogP contribution >= 0.6 is 0 Å². The molecule has 1 aliphatic rings. The largest absolute Gasteiger partial charge is 0.467 e. The molecule has 0 N–H and O–H groups in total. The number of fused-ring (bicyclic) bond motifs is 1. The molecule has 1 amide bonds. The first-order valence-corrected chi connectivity index (χ1v) is 10.4. The molecule has 1 saturated heterocycles. The highest BCUT2D eigenvalue weighted by atomic mass is 16.5. The molecule has 0 aliphatic carbocycles. The van der Waals surface area contributed by atoms with E-state index in [2.05, 4.69) is 4.98 Å². The second-order valence-corrected chi connectivity index (χ2v) is 8.21. The Kier molecular flexibility index (Phi) is 5.76. The number of nitrogens with zero attached hydrogens (tertiary/aromatic N) is 3. The Labute approximate surface area is 174 Å². The van der Waals surface area contributed by atoms with E-state index in [1.807, 2.05) is 19.9 Å². The third-order valence-electron chi connectivity index (χ3n) is 5.29. The van der Waals surface area contributed by atoms with Crippen molar-refractivity contribution in [1.29, 1.82) is 0 Å². The summed E-state index contributed by atoms with van der Waals surface area (Å²) in [6.07, 6.45) is 4.91. The van der Waals surface area contributed by atoms with Crippen molar-refractivity contribution in [2.45, 2.75) is 52.8 Å². The zero-order valence-corrected chi connectivity index (χ0v) is 17.6. The van der Waals surface area contributed by atoms with Crippen LogP contribution in [-0.4, -0.2) is 39.6 Å². The minimum absolute atomic E-state index is 0.0295. The number of hydrogen-bond acceptors (Lipinski definition) is 6. The van der Waals surface area contributed by atoms with E-state index in [-0.39, 0.29) is 46.7 Å². The highest BCUT2D eigenvalue weighted by Gasteiger charge is 2.30. The van der Waals surface area contributed by atoms with Crippen LogP contribution in [-0.2, 0) is 17.8 Å². The summed E-state index contributed by atoms with van der Waals surface area (Å²) in [6.45, 7) is 7.67. The first-order valence-electron chi connectivity index (χ1n) is 10.4. The van der Waals surface area contributed by atoms with E-state index in [9.17, 15) is 9.59 Å². The van der Waals surface area contributed by atoms with Crippen LogP contribution in [0.15, 0.2) is 38.4 Å². The lowest BCUT2D eigenvalue weighted by Crippen LogP contribution is -2.37. The maximum Gasteiger partial charge on any atom is 0.265 e. The van der Waals surface area contributed by atoms with Gasteiger partial charge in [-0.15, -0.1) is 0 Å². The van der Waals surface area contributed by atoms with Crippen molar-refractivity contribution in [2.24, 2.45) is 5.92 Å². The molecule has 1 atom stereocenters. The number of aryl methyl sites for hydroxylation is 1. The fourth-order valence-electron chi connectivity index (χ4n) is 3.92. The maximum absolute atomic E-state index is 13.6. The fourth-order valence-corrected chi connectivity index (χ4v) is 3.92. The Morgan fingerprint density at radius 2 is 2.23 bits per heavy atom. The van der Waals surface area contributed by atoms with Crippen LogP contribution in [0.4, 0.5) is 0 Å². The summed E-state index contributed by atoms with van der Waals surface area (Å²) in [7, 11) is 0. The number of rotatable bonds is 7. The molecule has 30 heavy (non-hydrogen) atoms. The van der Waals surface area contributed by atoms with Gasteiger partial charge in [-0.05, 0) is 37.8 Å². The van der Waals surface area contributed by atoms with E-state index in [1.165, 1.54) is 10.9 Å². The van der Waals surface area contributed by atoms with Crippen LogP contribution in [0.2, 0.25) is 0 Å². The summed E-state index contributed by atoms with van der Waals surface area (Å²) in [5.41, 5.74) is 0.199. The van der Waals surface area contributed by atoms with Gasteiger partial charge in [-0.25, -0.2) is 4.98 Å². The van der Waals surface area contributed by atoms with Crippen LogP contribution in [0, 0.1) is 12.8 Å². The van der Waals surface area contributed by atoms with Gasteiger partial charge in [0, 0.05) is 19.7 Å². The summed E-state index contributed by atoms with van der Waals surface area (Å²) in [5, 5.41) is 0.234. The molecular weight excluding hydrogens is 386 g/mol. The maximum atomic E-state index is 13.6. The van der Waals surface area contributed by atoms with Gasteiger partial charge in [0.15, 0.2) is 0 Å². The molecule has 1 aliphatic heterocycles. The van der Waals surface area contributed by atoms with Crippen molar-refractivity contribution >= 4 is 17.0 Å². The van der Waals surface area contributed by atoms with Crippen molar-refractivity contribution in [2.75, 3.05) is 13.2 Å². The van der Waals surface area contributed by atoms with Crippen molar-refractivity contribution in [3.8, 4) is 0 Å². The second kappa shape index (κ2) is 8.47. The van der Waals surface area contributed by atoms with Gasteiger partial charge in [-0.3, -0.25) is 14.2 Å². The summed E-state index contributed by atoms with van der Waals surface area (Å²) in [6, 6.07) is 3.62. The van der Waals surface area contributed by atoms with Gasteiger partial charge in [0.25, 0.3) is 11.5 Å². The monoisotopic (exact) mass is 413 g/mol. The first-order chi connectivity index (χ1) is 14.4. The molecule has 8 heteroatoms. The molecule has 4 rings (SSSR count). The molecule has 0 aromatic carbocycles. The lowest BCUT2D eigenvalue weighted by atomic mass is 10.1. The SMILES string of the molecule is Cc1oc2ncn(CC(C)C)c(=O)c2c1C(=O)N(Cc1ccco1)CC1CCCO1. The minimum Gasteiger partial charge on any atom is -0.467 e. The van der Waals surface area contributed by atoms with Crippen LogP contribution < -0.4 is 5.56 Å². The van der Waals surface area contributed by atoms with Crippen LogP contribution in [0.5, 0.6) is 0 Å². The van der Waals surface area contributed by atoms with E-state index in [4.69, 9.17) is 13.6 Å². The van der Waals surface area contributed by atoms with E-state index in [0.29, 0.717) is 31.2 Å². The van der Waals surface area contributed by atoms with Gasteiger partial charge in [0.05, 0.1) is 24.5 Å². The molecular formula is C22H27N3O5. The average Bonchev–Trinajstić information content (AvgIpc) is 3.44. The molecule has 0 saturated carbocycles. The Morgan fingerprint density at radius 3 is 2.90 bits per heavy atom. The Hall–Kier alpha value is -2.87. The van der Waals surface area contributed by atoms with Gasteiger partial charge >= 0.3 is 0 Å². The number of furan rings is 2. The van der Waals surface area contributed by atoms with Gasteiger partial charge < -0.3 is 18.5 Å². The van der Waals surface area contributed by atoms with Crippen molar-refractivity contribution in [3.05, 3.63) is 52.2 Å². The topological polar surface area (TPSA) is 90.7 Å². The molecule has 1 unspecified atom stereocenters. The standard InChI is InChI=1S/C22H27N3O5/c1-14(2)10-25-13-23-20-19(22(25)27)18(15(3)30-20)21(26)24(11-16-6-4-8-28-16)12-17-7-5-9-29-17/h4,6,8,13-14,17H,5,7,9-12H2,1-3H3. The molecule has 0 radical (unpaired) electrons. The van der Waals surface area contributed by atoms with Gasteiger partial charge in [0.1, 0.15) is 23.2 Å². The van der Waals surface area contributed by atoms with E-state index >= 15 is 0 Å². The van der Waals surface area contributed by atoms with Crippen LogP contribution in [0.3, 0.4) is 0 Å². The highest BCUT2D eigenvalue weighted by molar-refractivity contribution is 6.06. The van der Waals surface area contributed by atoms with Crippen LogP contribution in [0.1, 0.15) is 48.6 Å². The smallest absolute Gasteiger partial charge is 0.265 e. The van der Waals surface area contributed by atoms with E-state index in [1.54, 1.807) is 24.2 Å². The summed E-state index contributed by atoms with van der Waals surface area (Å²) in [5.74, 6) is 1.05. The molecule has 1 fully saturated rings. The molecule has 8 nitrogen and oxygen atoms in total. The van der Waals surface area contributed by atoms with E-state index < -0.39 is 0 Å². The lowest BCUT2D eigenvalue weighted by molar-refractivity contribution is 0.0491. The Bertz CT molecular complexity index is 1070. The second-order valence-electron chi connectivity index (χ2n) is 8.21. The van der Waals surface area contributed by atoms with Crippen molar-refractivity contribution < 1.29 is 18.4 Å². The zero-order valence-electron chi connectivity index (χ0n) is 17.6. The van der Waals surface area contributed by atoms with Gasteiger partial charge in [-0.2, -0.15) is 0 Å².